The Morgan fingerprint density at radius 2 is 1.89 bits per heavy atom. The number of nitrogens with zero attached hydrogens (tertiary/aromatic N) is 1. The number of anilines is 1. The lowest BCUT2D eigenvalue weighted by Gasteiger charge is -2.28. The van der Waals surface area contributed by atoms with Gasteiger partial charge in [-0.25, -0.2) is 0 Å². The van der Waals surface area contributed by atoms with Crippen LogP contribution >= 0.6 is 11.6 Å². The summed E-state index contributed by atoms with van der Waals surface area (Å²) in [5.41, 5.74) is 2.44. The van der Waals surface area contributed by atoms with Gasteiger partial charge in [-0.15, -0.1) is 0 Å². The zero-order valence-electron chi connectivity index (χ0n) is 16.1. The predicted molar refractivity (Wildman–Crippen MR) is 108 cm³/mol. The molecule has 144 valence electrons. The molecule has 0 heterocycles. The molecule has 0 aliphatic carbocycles. The Bertz CT molecular complexity index is 809. The molecule has 0 fully saturated rings. The average Bonchev–Trinajstić information content (AvgIpc) is 2.65. The second-order valence-electron chi connectivity index (χ2n) is 6.40. The Kier molecular flexibility index (Phi) is 7.25. The van der Waals surface area contributed by atoms with Gasteiger partial charge < -0.3 is 15.0 Å². The molecule has 1 N–H and O–H groups in total. The van der Waals surface area contributed by atoms with E-state index in [9.17, 15) is 9.59 Å². The molecule has 0 spiro atoms. The molecular weight excluding hydrogens is 364 g/mol. The van der Waals surface area contributed by atoms with Crippen molar-refractivity contribution in [3.63, 3.8) is 0 Å². The van der Waals surface area contributed by atoms with E-state index in [4.69, 9.17) is 16.3 Å². The molecule has 1 atom stereocenters. The third-order valence-electron chi connectivity index (χ3n) is 4.49. The summed E-state index contributed by atoms with van der Waals surface area (Å²) in [7, 11) is 1.52. The Morgan fingerprint density at radius 3 is 2.48 bits per heavy atom. The monoisotopic (exact) mass is 388 g/mol. The molecule has 0 aliphatic heterocycles. The number of carbonyl (C=O) groups is 2. The number of amides is 2. The highest BCUT2D eigenvalue weighted by molar-refractivity contribution is 6.31. The fourth-order valence-electron chi connectivity index (χ4n) is 2.90. The number of ether oxygens (including phenoxy) is 1. The van der Waals surface area contributed by atoms with Gasteiger partial charge >= 0.3 is 0 Å². The van der Waals surface area contributed by atoms with Crippen molar-refractivity contribution in [2.45, 2.75) is 33.2 Å². The van der Waals surface area contributed by atoms with Crippen molar-refractivity contribution < 1.29 is 14.3 Å². The fourth-order valence-corrected chi connectivity index (χ4v) is 3.05. The van der Waals surface area contributed by atoms with Crippen molar-refractivity contribution in [2.24, 2.45) is 0 Å². The van der Waals surface area contributed by atoms with E-state index in [0.29, 0.717) is 23.0 Å². The van der Waals surface area contributed by atoms with Crippen LogP contribution in [0.25, 0.3) is 0 Å². The smallest absolute Gasteiger partial charge is 0.226 e. The first-order valence-electron chi connectivity index (χ1n) is 8.79. The molecule has 6 heteroatoms. The highest BCUT2D eigenvalue weighted by Gasteiger charge is 2.19. The quantitative estimate of drug-likeness (QED) is 0.754. The number of methoxy groups -OCH3 is 1. The van der Waals surface area contributed by atoms with Crippen LogP contribution < -0.4 is 10.1 Å². The number of carbonyl (C=O) groups excluding carboxylic acids is 2. The van der Waals surface area contributed by atoms with Crippen molar-refractivity contribution in [3.8, 4) is 5.75 Å². The summed E-state index contributed by atoms with van der Waals surface area (Å²) in [5, 5.41) is 3.42. The van der Waals surface area contributed by atoms with Gasteiger partial charge in [-0.2, -0.15) is 0 Å². The van der Waals surface area contributed by atoms with Crippen LogP contribution in [0.3, 0.4) is 0 Å². The first kappa shape index (κ1) is 20.8. The van der Waals surface area contributed by atoms with Crippen LogP contribution in [0.1, 0.15) is 37.4 Å². The normalized spacial score (nSPS) is 11.6. The highest BCUT2D eigenvalue weighted by Crippen LogP contribution is 2.31. The molecule has 0 aromatic heterocycles. The SMILES string of the molecule is COc1cc(Cl)c(C)cc1NC(=O)CCN(C(C)=O)C(C)c1ccccc1. The summed E-state index contributed by atoms with van der Waals surface area (Å²) in [5.74, 6) is 0.237. The van der Waals surface area contributed by atoms with E-state index < -0.39 is 0 Å². The molecule has 2 rings (SSSR count). The van der Waals surface area contributed by atoms with Crippen molar-refractivity contribution in [1.29, 1.82) is 0 Å². The van der Waals surface area contributed by atoms with E-state index in [2.05, 4.69) is 5.32 Å². The Labute approximate surface area is 165 Å². The van der Waals surface area contributed by atoms with E-state index in [0.717, 1.165) is 11.1 Å². The number of rotatable bonds is 7. The number of aryl methyl sites for hydroxylation is 1. The molecule has 2 aromatic rings. The Morgan fingerprint density at radius 1 is 1.22 bits per heavy atom. The fraction of sp³-hybridized carbons (Fsp3) is 0.333. The van der Waals surface area contributed by atoms with Crippen LogP contribution in [0.4, 0.5) is 5.69 Å². The van der Waals surface area contributed by atoms with Gasteiger partial charge in [0.25, 0.3) is 0 Å². The van der Waals surface area contributed by atoms with Crippen molar-refractivity contribution in [3.05, 3.63) is 58.6 Å². The van der Waals surface area contributed by atoms with Gasteiger partial charge in [0, 0.05) is 31.0 Å². The van der Waals surface area contributed by atoms with E-state index >= 15 is 0 Å². The second kappa shape index (κ2) is 9.42. The Balaban J connectivity index is 2.04. The highest BCUT2D eigenvalue weighted by atomic mass is 35.5. The molecule has 27 heavy (non-hydrogen) atoms. The number of halogens is 1. The van der Waals surface area contributed by atoms with Crippen molar-refractivity contribution in [1.82, 2.24) is 4.90 Å². The lowest BCUT2D eigenvalue weighted by molar-refractivity contribution is -0.131. The zero-order chi connectivity index (χ0) is 20.0. The molecule has 0 aliphatic rings. The molecule has 0 saturated carbocycles. The molecule has 0 radical (unpaired) electrons. The van der Waals surface area contributed by atoms with Crippen molar-refractivity contribution >= 4 is 29.1 Å². The minimum atomic E-state index is -0.193. The Hall–Kier alpha value is -2.53. The van der Waals surface area contributed by atoms with Crippen LogP contribution in [0, 0.1) is 6.92 Å². The lowest BCUT2D eigenvalue weighted by atomic mass is 10.1. The average molecular weight is 389 g/mol. The molecule has 0 bridgehead atoms. The first-order valence-corrected chi connectivity index (χ1v) is 9.17. The molecule has 2 amide bonds. The van der Waals surface area contributed by atoms with Gasteiger partial charge in [-0.05, 0) is 31.0 Å². The van der Waals surface area contributed by atoms with Gasteiger partial charge in [0.05, 0.1) is 18.8 Å². The molecular formula is C21H25ClN2O3. The maximum absolute atomic E-state index is 12.4. The first-order chi connectivity index (χ1) is 12.8. The van der Waals surface area contributed by atoms with E-state index in [1.165, 1.54) is 14.0 Å². The third-order valence-corrected chi connectivity index (χ3v) is 4.90. The van der Waals surface area contributed by atoms with Crippen LogP contribution in [0.5, 0.6) is 5.75 Å². The third kappa shape index (κ3) is 5.47. The van der Waals surface area contributed by atoms with E-state index in [-0.39, 0.29) is 24.3 Å². The molecule has 2 aromatic carbocycles. The zero-order valence-corrected chi connectivity index (χ0v) is 16.8. The predicted octanol–water partition coefficient (Wildman–Crippen LogP) is 4.60. The van der Waals surface area contributed by atoms with Gasteiger partial charge in [-0.3, -0.25) is 9.59 Å². The van der Waals surface area contributed by atoms with Crippen molar-refractivity contribution in [2.75, 3.05) is 19.0 Å². The summed E-state index contributed by atoms with van der Waals surface area (Å²) < 4.78 is 5.28. The lowest BCUT2D eigenvalue weighted by Crippen LogP contribution is -2.34. The number of hydrogen-bond acceptors (Lipinski definition) is 3. The van der Waals surface area contributed by atoms with E-state index in [1.54, 1.807) is 17.0 Å². The number of nitrogens with one attached hydrogen (secondary N) is 1. The topological polar surface area (TPSA) is 58.6 Å². The molecule has 0 saturated heterocycles. The van der Waals surface area contributed by atoms with Gasteiger partial charge in [0.15, 0.2) is 0 Å². The number of hydrogen-bond donors (Lipinski definition) is 1. The van der Waals surface area contributed by atoms with Gasteiger partial charge in [0.2, 0.25) is 11.8 Å². The van der Waals surface area contributed by atoms with E-state index in [1.807, 2.05) is 44.2 Å². The summed E-state index contributed by atoms with van der Waals surface area (Å²) in [6.07, 6.45) is 0.182. The van der Waals surface area contributed by atoms with Gasteiger partial charge in [0.1, 0.15) is 5.75 Å². The maximum Gasteiger partial charge on any atom is 0.226 e. The molecule has 5 nitrogen and oxygen atoms in total. The van der Waals surface area contributed by atoms with Crippen LogP contribution in [-0.2, 0) is 9.59 Å². The van der Waals surface area contributed by atoms with Gasteiger partial charge in [-0.1, -0.05) is 41.9 Å². The minimum absolute atomic E-state index is 0.0703. The number of benzene rings is 2. The second-order valence-corrected chi connectivity index (χ2v) is 6.81. The summed E-state index contributed by atoms with van der Waals surface area (Å²) >= 11 is 6.09. The van der Waals surface area contributed by atoms with Crippen LogP contribution in [0.2, 0.25) is 5.02 Å². The maximum atomic E-state index is 12.4. The standard InChI is InChI=1S/C21H25ClN2O3/c1-14-12-19(20(27-4)13-18(14)22)23-21(26)10-11-24(16(3)25)15(2)17-8-6-5-7-9-17/h5-9,12-13,15H,10-11H2,1-4H3,(H,23,26). The minimum Gasteiger partial charge on any atom is -0.495 e. The summed E-state index contributed by atoms with van der Waals surface area (Å²) in [6.45, 7) is 5.66. The van der Waals surface area contributed by atoms with Crippen LogP contribution in [-0.4, -0.2) is 30.4 Å². The van der Waals surface area contributed by atoms with Crippen LogP contribution in [0.15, 0.2) is 42.5 Å². The summed E-state index contributed by atoms with van der Waals surface area (Å²) in [4.78, 5) is 26.2. The molecule has 1 unspecified atom stereocenters. The largest absolute Gasteiger partial charge is 0.495 e. The summed E-state index contributed by atoms with van der Waals surface area (Å²) in [6, 6.07) is 13.1.